The van der Waals surface area contributed by atoms with Gasteiger partial charge in [0.15, 0.2) is 5.13 Å². The van der Waals surface area contributed by atoms with Crippen molar-refractivity contribution in [3.63, 3.8) is 0 Å². The van der Waals surface area contributed by atoms with Crippen LogP contribution < -0.4 is 15.6 Å². The maximum atomic E-state index is 12.9. The van der Waals surface area contributed by atoms with Gasteiger partial charge in [0.1, 0.15) is 16.9 Å². The summed E-state index contributed by atoms with van der Waals surface area (Å²) in [7, 11) is 1.59. The number of carbonyl (C=O) groups is 1. The van der Waals surface area contributed by atoms with E-state index in [1.165, 1.54) is 11.3 Å². The van der Waals surface area contributed by atoms with E-state index >= 15 is 0 Å². The fraction of sp³-hybridized carbons (Fsp3) is 0.0500. The molecule has 8 heteroatoms. The van der Waals surface area contributed by atoms with Gasteiger partial charge >= 0.3 is 0 Å². The first-order valence-electron chi connectivity index (χ1n) is 8.25. The van der Waals surface area contributed by atoms with Crippen molar-refractivity contribution < 1.29 is 13.9 Å². The molecule has 0 aliphatic carbocycles. The van der Waals surface area contributed by atoms with Crippen LogP contribution in [0.4, 0.5) is 10.8 Å². The largest absolute Gasteiger partial charge is 0.497 e. The number of anilines is 1. The molecule has 6 nitrogen and oxygen atoms in total. The number of nitrogens with one attached hydrogen (secondary N) is 1. The van der Waals surface area contributed by atoms with Crippen molar-refractivity contribution in [2.24, 2.45) is 4.99 Å². The summed E-state index contributed by atoms with van der Waals surface area (Å²) in [5.74, 6) is 0.321. The van der Waals surface area contributed by atoms with Crippen molar-refractivity contribution in [1.29, 1.82) is 0 Å². The molecule has 0 fully saturated rings. The normalized spacial score (nSPS) is 11.6. The van der Waals surface area contributed by atoms with E-state index in [2.05, 4.69) is 31.2 Å². The highest BCUT2D eigenvalue weighted by atomic mass is 79.9. The minimum absolute atomic E-state index is 0.206. The molecule has 0 unspecified atom stereocenters. The Labute approximate surface area is 172 Å². The van der Waals surface area contributed by atoms with Gasteiger partial charge in [0.05, 0.1) is 12.8 Å². The maximum absolute atomic E-state index is 12.9. The number of fused-ring (bicyclic) bond motifs is 1. The van der Waals surface area contributed by atoms with E-state index in [-0.39, 0.29) is 11.5 Å². The molecule has 1 amide bonds. The van der Waals surface area contributed by atoms with Crippen LogP contribution in [0.1, 0.15) is 10.4 Å². The van der Waals surface area contributed by atoms with Crippen molar-refractivity contribution in [2.75, 3.05) is 12.4 Å². The summed E-state index contributed by atoms with van der Waals surface area (Å²) in [5.41, 5.74) is 1.75. The third kappa shape index (κ3) is 3.97. The number of hydrogen-bond acceptors (Lipinski definition) is 6. The summed E-state index contributed by atoms with van der Waals surface area (Å²) in [6.07, 6.45) is 1.63. The van der Waals surface area contributed by atoms with Crippen LogP contribution in [0.25, 0.3) is 11.0 Å². The molecule has 4 aromatic rings. The van der Waals surface area contributed by atoms with Crippen LogP contribution in [0.5, 0.6) is 5.75 Å². The molecule has 2 heterocycles. The Bertz CT molecular complexity index is 1220. The van der Waals surface area contributed by atoms with Crippen molar-refractivity contribution in [2.45, 2.75) is 0 Å². The highest BCUT2D eigenvalue weighted by molar-refractivity contribution is 9.10. The van der Waals surface area contributed by atoms with E-state index in [1.54, 1.807) is 30.8 Å². The first-order chi connectivity index (χ1) is 13.6. The second kappa shape index (κ2) is 7.95. The van der Waals surface area contributed by atoms with Crippen LogP contribution in [0.2, 0.25) is 0 Å². The molecule has 2 aromatic heterocycles. The molecule has 2 aromatic carbocycles. The number of halogens is 1. The van der Waals surface area contributed by atoms with Gasteiger partial charge in [-0.2, -0.15) is 0 Å². The van der Waals surface area contributed by atoms with Crippen LogP contribution in [-0.2, 0) is 0 Å². The molecular weight excluding hydrogens is 442 g/mol. The molecule has 4 rings (SSSR count). The van der Waals surface area contributed by atoms with Crippen LogP contribution in [-0.4, -0.2) is 18.0 Å². The number of benzene rings is 2. The van der Waals surface area contributed by atoms with E-state index < -0.39 is 0 Å². The fourth-order valence-corrected chi connectivity index (χ4v) is 3.50. The Hall–Kier alpha value is -2.97. The van der Waals surface area contributed by atoms with Gasteiger partial charge in [-0.25, -0.2) is 9.98 Å². The topological polar surface area (TPSA) is 76.7 Å². The van der Waals surface area contributed by atoms with E-state index in [0.717, 1.165) is 9.86 Å². The first-order valence-corrected chi connectivity index (χ1v) is 9.93. The summed E-state index contributed by atoms with van der Waals surface area (Å²) >= 11 is 4.78. The zero-order valence-corrected chi connectivity index (χ0v) is 17.1. The van der Waals surface area contributed by atoms with Gasteiger partial charge in [0.25, 0.3) is 5.91 Å². The van der Waals surface area contributed by atoms with Crippen LogP contribution in [0, 0.1) is 0 Å². The second-order valence-electron chi connectivity index (χ2n) is 5.75. The Morgan fingerprint density at radius 1 is 1.25 bits per heavy atom. The minimum Gasteiger partial charge on any atom is -0.497 e. The molecule has 28 heavy (non-hydrogen) atoms. The molecule has 1 N–H and O–H groups in total. The van der Waals surface area contributed by atoms with Gasteiger partial charge in [0, 0.05) is 27.5 Å². The van der Waals surface area contributed by atoms with E-state index in [0.29, 0.717) is 27.7 Å². The monoisotopic (exact) mass is 455 g/mol. The zero-order valence-electron chi connectivity index (χ0n) is 14.7. The van der Waals surface area contributed by atoms with Gasteiger partial charge in [-0.1, -0.05) is 22.0 Å². The highest BCUT2D eigenvalue weighted by Crippen LogP contribution is 2.22. The number of aromatic nitrogens is 1. The van der Waals surface area contributed by atoms with Crippen molar-refractivity contribution >= 4 is 55.0 Å². The summed E-state index contributed by atoms with van der Waals surface area (Å²) in [6, 6.07) is 14.6. The summed E-state index contributed by atoms with van der Waals surface area (Å²) in [5, 5.41) is 5.86. The molecule has 0 saturated carbocycles. The molecule has 0 spiro atoms. The average Bonchev–Trinajstić information content (AvgIpc) is 3.20. The molecule has 0 saturated heterocycles. The first kappa shape index (κ1) is 18.4. The average molecular weight is 456 g/mol. The number of nitrogens with zero attached hydrogens (tertiary/aromatic N) is 2. The Morgan fingerprint density at radius 3 is 2.93 bits per heavy atom. The molecular formula is C20H14BrN3O3S. The number of ether oxygens (including phenoxy) is 1. The lowest BCUT2D eigenvalue weighted by Gasteiger charge is -2.06. The lowest BCUT2D eigenvalue weighted by atomic mass is 10.1. The van der Waals surface area contributed by atoms with Crippen molar-refractivity contribution in [3.8, 4) is 5.75 Å². The lowest BCUT2D eigenvalue weighted by molar-refractivity contribution is 0.102. The van der Waals surface area contributed by atoms with E-state index in [9.17, 15) is 4.79 Å². The summed E-state index contributed by atoms with van der Waals surface area (Å²) in [4.78, 5) is 21.5. The Kier molecular flexibility index (Phi) is 5.23. The second-order valence-corrected chi connectivity index (χ2v) is 7.56. The number of thiazole rings is 1. The third-order valence-electron chi connectivity index (χ3n) is 3.89. The number of hydrogen-bond donors (Lipinski definition) is 1. The van der Waals surface area contributed by atoms with Crippen LogP contribution in [0.15, 0.2) is 74.0 Å². The Morgan fingerprint density at radius 2 is 2.14 bits per heavy atom. The minimum atomic E-state index is -0.345. The summed E-state index contributed by atoms with van der Waals surface area (Å²) in [6.45, 7) is 0. The predicted molar refractivity (Wildman–Crippen MR) is 112 cm³/mol. The van der Waals surface area contributed by atoms with Gasteiger partial charge in [-0.15, -0.1) is 11.3 Å². The molecule has 0 aliphatic rings. The molecule has 0 radical (unpaired) electrons. The van der Waals surface area contributed by atoms with Gasteiger partial charge in [0.2, 0.25) is 5.55 Å². The SMILES string of the molecule is COc1cccc(N=c2oc3ccc(Br)cc3cc2C(=O)Nc2nccs2)c1. The van der Waals surface area contributed by atoms with Crippen LogP contribution >= 0.6 is 27.3 Å². The third-order valence-corrected chi connectivity index (χ3v) is 5.07. The van der Waals surface area contributed by atoms with E-state index in [4.69, 9.17) is 9.15 Å². The fourth-order valence-electron chi connectivity index (χ4n) is 2.59. The van der Waals surface area contributed by atoms with Gasteiger partial charge in [-0.3, -0.25) is 10.1 Å². The van der Waals surface area contributed by atoms with Crippen molar-refractivity contribution in [3.05, 3.63) is 75.7 Å². The van der Waals surface area contributed by atoms with Gasteiger partial charge in [-0.05, 0) is 36.4 Å². The van der Waals surface area contributed by atoms with Gasteiger partial charge < -0.3 is 9.15 Å². The zero-order chi connectivity index (χ0) is 19.5. The molecule has 0 bridgehead atoms. The number of rotatable bonds is 4. The molecule has 140 valence electrons. The maximum Gasteiger partial charge on any atom is 0.262 e. The predicted octanol–water partition coefficient (Wildman–Crippen LogP) is 5.15. The van der Waals surface area contributed by atoms with E-state index in [1.807, 2.05) is 36.4 Å². The quantitative estimate of drug-likeness (QED) is 0.461. The summed E-state index contributed by atoms with van der Waals surface area (Å²) < 4.78 is 12.1. The Balaban J connectivity index is 1.88. The lowest BCUT2D eigenvalue weighted by Crippen LogP contribution is -2.21. The smallest absolute Gasteiger partial charge is 0.262 e. The molecule has 0 atom stereocenters. The molecule has 0 aliphatic heterocycles. The number of carbonyl (C=O) groups excluding carboxylic acids is 1. The number of methoxy groups -OCH3 is 1. The number of amides is 1. The highest BCUT2D eigenvalue weighted by Gasteiger charge is 2.14. The van der Waals surface area contributed by atoms with Crippen molar-refractivity contribution in [1.82, 2.24) is 4.98 Å². The van der Waals surface area contributed by atoms with Crippen LogP contribution in [0.3, 0.4) is 0 Å². The standard InChI is InChI=1S/C20H14BrN3O3S/c1-26-15-4-2-3-14(11-15)23-19-16(18(25)24-20-22-7-8-28-20)10-12-9-13(21)5-6-17(12)27-19/h2-11H,1H3,(H,22,24,25).